The van der Waals surface area contributed by atoms with Crippen molar-refractivity contribution in [1.82, 2.24) is 19.4 Å². The standard InChI is InChI=1S/C37H53N5O3/c1-6-45-35(43)18-13-30-11-15-32(16-12-30)38-37-39-33-17-14-31(36(44)41(25-19-28(2)3)26-20-29(4)5)27-34(33)42(37)24-10-23-40-21-8-7-9-22-40/h11-18,27-29H,6-10,19-26H2,1-5H3,(H,38,39). The molecule has 244 valence electrons. The molecule has 2 heterocycles. The summed E-state index contributed by atoms with van der Waals surface area (Å²) >= 11 is 0. The van der Waals surface area contributed by atoms with E-state index in [9.17, 15) is 9.59 Å². The number of anilines is 2. The predicted molar refractivity (Wildman–Crippen MR) is 185 cm³/mol. The highest BCUT2D eigenvalue weighted by Crippen LogP contribution is 2.26. The van der Waals surface area contributed by atoms with Crippen LogP contribution in [0, 0.1) is 11.8 Å². The van der Waals surface area contributed by atoms with E-state index in [-0.39, 0.29) is 11.9 Å². The van der Waals surface area contributed by atoms with Gasteiger partial charge in [0, 0.05) is 37.0 Å². The molecule has 0 unspecified atom stereocenters. The number of carbonyl (C=O) groups excluding carboxylic acids is 2. The van der Waals surface area contributed by atoms with E-state index in [0.717, 1.165) is 79.2 Å². The molecule has 0 radical (unpaired) electrons. The maximum atomic E-state index is 13.8. The Balaban J connectivity index is 1.59. The van der Waals surface area contributed by atoms with Crippen molar-refractivity contribution < 1.29 is 14.3 Å². The molecule has 8 nitrogen and oxygen atoms in total. The second-order valence-electron chi connectivity index (χ2n) is 13.0. The third-order valence-corrected chi connectivity index (χ3v) is 8.41. The maximum Gasteiger partial charge on any atom is 0.330 e. The van der Waals surface area contributed by atoms with Crippen molar-refractivity contribution in [3.8, 4) is 0 Å². The first-order valence-corrected chi connectivity index (χ1v) is 17.0. The molecular weight excluding hydrogens is 562 g/mol. The van der Waals surface area contributed by atoms with Gasteiger partial charge in [-0.25, -0.2) is 9.78 Å². The lowest BCUT2D eigenvalue weighted by Crippen LogP contribution is -2.34. The second kappa shape index (κ2) is 17.2. The van der Waals surface area contributed by atoms with E-state index < -0.39 is 0 Å². The number of fused-ring (bicyclic) bond motifs is 1. The first-order chi connectivity index (χ1) is 21.7. The molecule has 0 bridgehead atoms. The van der Waals surface area contributed by atoms with Gasteiger partial charge in [-0.2, -0.15) is 0 Å². The van der Waals surface area contributed by atoms with Crippen molar-refractivity contribution in [3.05, 3.63) is 59.7 Å². The van der Waals surface area contributed by atoms with E-state index in [0.29, 0.717) is 18.4 Å². The van der Waals surface area contributed by atoms with Crippen molar-refractivity contribution in [2.75, 3.05) is 44.6 Å². The number of imidazole rings is 1. The first-order valence-electron chi connectivity index (χ1n) is 17.0. The lowest BCUT2D eigenvalue weighted by Gasteiger charge is -2.26. The average molecular weight is 616 g/mol. The van der Waals surface area contributed by atoms with Gasteiger partial charge in [0.2, 0.25) is 5.95 Å². The fourth-order valence-electron chi connectivity index (χ4n) is 5.70. The van der Waals surface area contributed by atoms with Crippen molar-refractivity contribution in [1.29, 1.82) is 0 Å². The normalized spacial score (nSPS) is 14.1. The summed E-state index contributed by atoms with van der Waals surface area (Å²) in [7, 11) is 0. The Morgan fingerprint density at radius 2 is 1.64 bits per heavy atom. The molecule has 1 aromatic heterocycles. The number of benzene rings is 2. The predicted octanol–water partition coefficient (Wildman–Crippen LogP) is 7.77. The number of nitrogens with one attached hydrogen (secondary N) is 1. The third-order valence-electron chi connectivity index (χ3n) is 8.41. The van der Waals surface area contributed by atoms with Gasteiger partial charge in [0.15, 0.2) is 0 Å². The van der Waals surface area contributed by atoms with Gasteiger partial charge in [0.05, 0.1) is 17.6 Å². The minimum atomic E-state index is -0.348. The minimum absolute atomic E-state index is 0.0974. The molecular formula is C37H53N5O3. The zero-order chi connectivity index (χ0) is 32.2. The quantitative estimate of drug-likeness (QED) is 0.131. The van der Waals surface area contributed by atoms with Gasteiger partial charge in [-0.1, -0.05) is 46.2 Å². The first kappa shape index (κ1) is 34.2. The summed E-state index contributed by atoms with van der Waals surface area (Å²) in [6.45, 7) is 16.7. The largest absolute Gasteiger partial charge is 0.463 e. The molecule has 2 aromatic carbocycles. The summed E-state index contributed by atoms with van der Waals surface area (Å²) in [5.41, 5.74) is 4.38. The number of piperidine rings is 1. The highest BCUT2D eigenvalue weighted by Gasteiger charge is 2.20. The maximum absolute atomic E-state index is 13.8. The highest BCUT2D eigenvalue weighted by atomic mass is 16.5. The van der Waals surface area contributed by atoms with Crippen molar-refractivity contribution in [2.45, 2.75) is 79.7 Å². The number of carbonyl (C=O) groups is 2. The van der Waals surface area contributed by atoms with Crippen LogP contribution in [0.5, 0.6) is 0 Å². The molecule has 1 aliphatic heterocycles. The number of hydrogen-bond donors (Lipinski definition) is 1. The molecule has 1 saturated heterocycles. The van der Waals surface area contributed by atoms with Gasteiger partial charge < -0.3 is 24.4 Å². The number of aryl methyl sites for hydroxylation is 1. The van der Waals surface area contributed by atoms with E-state index in [2.05, 4.69) is 42.5 Å². The molecule has 0 saturated carbocycles. The van der Waals surface area contributed by atoms with E-state index >= 15 is 0 Å². The number of rotatable bonds is 16. The number of hydrogen-bond acceptors (Lipinski definition) is 6. The number of ether oxygens (including phenoxy) is 1. The highest BCUT2D eigenvalue weighted by molar-refractivity contribution is 5.98. The second-order valence-corrected chi connectivity index (χ2v) is 13.0. The molecule has 3 aromatic rings. The van der Waals surface area contributed by atoms with E-state index in [1.54, 1.807) is 13.0 Å². The summed E-state index contributed by atoms with van der Waals surface area (Å²) < 4.78 is 7.22. The number of nitrogens with zero attached hydrogens (tertiary/aromatic N) is 4. The zero-order valence-corrected chi connectivity index (χ0v) is 28.1. The Kier molecular flexibility index (Phi) is 13.0. The van der Waals surface area contributed by atoms with E-state index in [1.807, 2.05) is 47.4 Å². The van der Waals surface area contributed by atoms with E-state index in [4.69, 9.17) is 9.72 Å². The van der Waals surface area contributed by atoms with Crippen LogP contribution in [0.2, 0.25) is 0 Å². The SMILES string of the molecule is CCOC(=O)C=Cc1ccc(Nc2nc3ccc(C(=O)N(CCC(C)C)CCC(C)C)cc3n2CCCN2CCCCC2)cc1. The fraction of sp³-hybridized carbons (Fsp3) is 0.541. The number of amides is 1. The molecule has 1 fully saturated rings. The lowest BCUT2D eigenvalue weighted by molar-refractivity contribution is -0.137. The minimum Gasteiger partial charge on any atom is -0.463 e. The van der Waals surface area contributed by atoms with Crippen LogP contribution >= 0.6 is 0 Å². The van der Waals surface area contributed by atoms with Gasteiger partial charge in [-0.15, -0.1) is 0 Å². The topological polar surface area (TPSA) is 79.7 Å². The summed E-state index contributed by atoms with van der Waals surface area (Å²) in [6, 6.07) is 13.8. The molecule has 0 atom stereocenters. The Hall–Kier alpha value is -3.65. The van der Waals surface area contributed by atoms with Crippen molar-refractivity contribution >= 4 is 40.6 Å². The lowest BCUT2D eigenvalue weighted by atomic mass is 10.1. The monoisotopic (exact) mass is 615 g/mol. The van der Waals surface area contributed by atoms with Crippen molar-refractivity contribution in [2.24, 2.45) is 11.8 Å². The fourth-order valence-corrected chi connectivity index (χ4v) is 5.70. The zero-order valence-electron chi connectivity index (χ0n) is 28.1. The third kappa shape index (κ3) is 10.5. The summed E-state index contributed by atoms with van der Waals surface area (Å²) in [5, 5.41) is 3.53. The average Bonchev–Trinajstić information content (AvgIpc) is 3.36. The molecule has 1 N–H and O–H groups in total. The molecule has 1 aliphatic rings. The number of likely N-dealkylation sites (tertiary alicyclic amines) is 1. The molecule has 1 amide bonds. The van der Waals surface area contributed by atoms with Crippen LogP contribution in [-0.4, -0.2) is 70.6 Å². The van der Waals surface area contributed by atoms with Crippen LogP contribution in [0.3, 0.4) is 0 Å². The Morgan fingerprint density at radius 1 is 0.956 bits per heavy atom. The van der Waals surface area contributed by atoms with Gasteiger partial charge >= 0.3 is 5.97 Å². The van der Waals surface area contributed by atoms with Gasteiger partial charge in [0.1, 0.15) is 0 Å². The molecule has 0 aliphatic carbocycles. The summed E-state index contributed by atoms with van der Waals surface area (Å²) in [6.07, 6.45) is 10.1. The molecule has 0 spiro atoms. The summed E-state index contributed by atoms with van der Waals surface area (Å²) in [4.78, 5) is 35.1. The van der Waals surface area contributed by atoms with Gasteiger partial charge in [-0.05, 0) is 112 Å². The summed E-state index contributed by atoms with van der Waals surface area (Å²) in [5.74, 6) is 1.59. The number of esters is 1. The Morgan fingerprint density at radius 3 is 2.29 bits per heavy atom. The van der Waals surface area contributed by atoms with Crippen LogP contribution in [0.1, 0.15) is 89.1 Å². The Labute approximate surface area is 269 Å². The molecule has 8 heteroatoms. The van der Waals surface area contributed by atoms with Crippen LogP contribution in [-0.2, 0) is 16.1 Å². The van der Waals surface area contributed by atoms with Crippen LogP contribution < -0.4 is 5.32 Å². The van der Waals surface area contributed by atoms with Gasteiger partial charge in [-0.3, -0.25) is 4.79 Å². The van der Waals surface area contributed by atoms with Crippen LogP contribution in [0.4, 0.5) is 11.6 Å². The van der Waals surface area contributed by atoms with Crippen LogP contribution in [0.15, 0.2) is 48.5 Å². The van der Waals surface area contributed by atoms with Crippen molar-refractivity contribution in [3.63, 3.8) is 0 Å². The molecule has 45 heavy (non-hydrogen) atoms. The number of aromatic nitrogens is 2. The van der Waals surface area contributed by atoms with E-state index in [1.165, 1.54) is 38.4 Å². The van der Waals surface area contributed by atoms with Gasteiger partial charge in [0.25, 0.3) is 5.91 Å². The molecule has 4 rings (SSSR count). The Bertz CT molecular complexity index is 1390. The smallest absolute Gasteiger partial charge is 0.330 e. The van der Waals surface area contributed by atoms with Crippen LogP contribution in [0.25, 0.3) is 17.1 Å².